The highest BCUT2D eigenvalue weighted by Crippen LogP contribution is 2.14. The minimum absolute atomic E-state index is 0.0214. The number of carboxylic acid groups (broad SMARTS) is 1. The van der Waals surface area contributed by atoms with Gasteiger partial charge in [0.15, 0.2) is 0 Å². The molecule has 2 N–H and O–H groups in total. The Hall–Kier alpha value is -2.56. The number of hydrogen-bond donors (Lipinski definition) is 2. The molecule has 1 unspecified atom stereocenters. The Morgan fingerprint density at radius 1 is 1.25 bits per heavy atom. The molecule has 5 heteroatoms. The molecule has 2 aromatic rings. The van der Waals surface area contributed by atoms with Crippen molar-refractivity contribution in [3.05, 3.63) is 59.5 Å². The number of rotatable bonds is 5. The van der Waals surface area contributed by atoms with Crippen molar-refractivity contribution in [1.29, 1.82) is 0 Å². The Balaban J connectivity index is 2.03. The van der Waals surface area contributed by atoms with Crippen molar-refractivity contribution in [2.75, 3.05) is 0 Å². The minimum Gasteiger partial charge on any atom is -0.478 e. The number of carbonyl (C=O) groups excluding carboxylic acids is 1. The lowest BCUT2D eigenvalue weighted by molar-refractivity contribution is -0.121. The van der Waals surface area contributed by atoms with Gasteiger partial charge in [-0.25, -0.2) is 4.79 Å². The predicted molar refractivity (Wildman–Crippen MR) is 72.4 cm³/mol. The zero-order valence-electron chi connectivity index (χ0n) is 11.0. The van der Waals surface area contributed by atoms with Gasteiger partial charge in [0.25, 0.3) is 0 Å². The van der Waals surface area contributed by atoms with Gasteiger partial charge in [0.2, 0.25) is 5.91 Å². The molecule has 1 aromatic carbocycles. The van der Waals surface area contributed by atoms with Crippen LogP contribution < -0.4 is 5.32 Å². The van der Waals surface area contributed by atoms with Crippen LogP contribution in [0.1, 0.15) is 34.6 Å². The molecule has 5 nitrogen and oxygen atoms in total. The molecule has 0 aliphatic rings. The predicted octanol–water partition coefficient (Wildman–Crippen LogP) is 2.40. The van der Waals surface area contributed by atoms with Crippen molar-refractivity contribution in [3.8, 4) is 0 Å². The van der Waals surface area contributed by atoms with Gasteiger partial charge in [0.1, 0.15) is 5.76 Å². The van der Waals surface area contributed by atoms with Gasteiger partial charge < -0.3 is 14.8 Å². The fraction of sp³-hybridized carbons (Fsp3) is 0.200. The van der Waals surface area contributed by atoms with Crippen LogP contribution in [-0.2, 0) is 11.2 Å². The molecule has 1 aromatic heterocycles. The zero-order chi connectivity index (χ0) is 14.5. The first-order valence-electron chi connectivity index (χ1n) is 6.22. The van der Waals surface area contributed by atoms with Gasteiger partial charge in [-0.2, -0.15) is 0 Å². The number of carboxylic acids is 1. The topological polar surface area (TPSA) is 79.5 Å². The van der Waals surface area contributed by atoms with Crippen LogP contribution in [0.2, 0.25) is 0 Å². The maximum Gasteiger partial charge on any atom is 0.335 e. The number of furan rings is 1. The van der Waals surface area contributed by atoms with Crippen LogP contribution in [0.3, 0.4) is 0 Å². The van der Waals surface area contributed by atoms with E-state index in [0.29, 0.717) is 11.3 Å². The third kappa shape index (κ3) is 3.26. The Kier molecular flexibility index (Phi) is 4.20. The highest BCUT2D eigenvalue weighted by Gasteiger charge is 2.15. The lowest BCUT2D eigenvalue weighted by Gasteiger charge is -2.12. The van der Waals surface area contributed by atoms with Crippen molar-refractivity contribution in [2.24, 2.45) is 0 Å². The molecule has 0 fully saturated rings. The van der Waals surface area contributed by atoms with Crippen molar-refractivity contribution >= 4 is 11.9 Å². The first-order valence-corrected chi connectivity index (χ1v) is 6.22. The van der Waals surface area contributed by atoms with E-state index in [1.165, 1.54) is 12.3 Å². The van der Waals surface area contributed by atoms with E-state index in [4.69, 9.17) is 9.52 Å². The largest absolute Gasteiger partial charge is 0.478 e. The molecule has 0 saturated carbocycles. The summed E-state index contributed by atoms with van der Waals surface area (Å²) in [5, 5.41) is 11.8. The maximum atomic E-state index is 11.9. The van der Waals surface area contributed by atoms with Crippen molar-refractivity contribution in [2.45, 2.75) is 19.4 Å². The van der Waals surface area contributed by atoms with E-state index < -0.39 is 5.97 Å². The summed E-state index contributed by atoms with van der Waals surface area (Å²) in [6, 6.07) is 9.74. The van der Waals surface area contributed by atoms with E-state index in [1.807, 2.05) is 0 Å². The van der Waals surface area contributed by atoms with E-state index in [2.05, 4.69) is 5.32 Å². The number of nitrogens with one attached hydrogen (secondary N) is 1. The molecule has 0 saturated heterocycles. The molecule has 104 valence electrons. The van der Waals surface area contributed by atoms with Crippen LogP contribution in [0, 0.1) is 0 Å². The number of carbonyl (C=O) groups is 2. The summed E-state index contributed by atoms with van der Waals surface area (Å²) >= 11 is 0. The van der Waals surface area contributed by atoms with Gasteiger partial charge in [0, 0.05) is 0 Å². The summed E-state index contributed by atoms with van der Waals surface area (Å²) in [6.45, 7) is 1.81. The molecule has 0 spiro atoms. The van der Waals surface area contributed by atoms with Crippen molar-refractivity contribution in [3.63, 3.8) is 0 Å². The van der Waals surface area contributed by atoms with Gasteiger partial charge in [-0.15, -0.1) is 0 Å². The number of amides is 1. The highest BCUT2D eigenvalue weighted by atomic mass is 16.4. The number of hydrogen-bond acceptors (Lipinski definition) is 3. The molecule has 2 rings (SSSR count). The van der Waals surface area contributed by atoms with Gasteiger partial charge in [-0.05, 0) is 30.7 Å². The second-order valence-electron chi connectivity index (χ2n) is 4.44. The first-order chi connectivity index (χ1) is 9.58. The van der Waals surface area contributed by atoms with Crippen LogP contribution in [0.5, 0.6) is 0 Å². The van der Waals surface area contributed by atoms with Gasteiger partial charge >= 0.3 is 5.97 Å². The average molecular weight is 273 g/mol. The van der Waals surface area contributed by atoms with Crippen LogP contribution in [0.4, 0.5) is 0 Å². The summed E-state index contributed by atoms with van der Waals surface area (Å²) < 4.78 is 5.20. The van der Waals surface area contributed by atoms with Crippen LogP contribution >= 0.6 is 0 Å². The molecule has 1 atom stereocenters. The monoisotopic (exact) mass is 273 g/mol. The standard InChI is InChI=1S/C15H15NO4/c1-10(13-7-4-8-20-13)16-14(17)9-11-5-2-3-6-12(11)15(18)19/h2-8,10H,9H2,1H3,(H,16,17)(H,18,19). The van der Waals surface area contributed by atoms with Crippen molar-refractivity contribution in [1.82, 2.24) is 5.32 Å². The molecule has 0 aliphatic heterocycles. The molecular formula is C15H15NO4. The fourth-order valence-electron chi connectivity index (χ4n) is 1.96. The Labute approximate surface area is 116 Å². The summed E-state index contributed by atoms with van der Waals surface area (Å²) in [5.41, 5.74) is 0.637. The third-order valence-corrected chi connectivity index (χ3v) is 2.95. The van der Waals surface area contributed by atoms with Crippen LogP contribution in [0.25, 0.3) is 0 Å². The van der Waals surface area contributed by atoms with Gasteiger partial charge in [0.05, 0.1) is 24.3 Å². The summed E-state index contributed by atoms with van der Waals surface area (Å²) in [6.07, 6.45) is 1.56. The Morgan fingerprint density at radius 3 is 2.65 bits per heavy atom. The third-order valence-electron chi connectivity index (χ3n) is 2.95. The van der Waals surface area contributed by atoms with E-state index in [-0.39, 0.29) is 23.9 Å². The highest BCUT2D eigenvalue weighted by molar-refractivity contribution is 5.91. The Bertz CT molecular complexity index is 604. The second-order valence-corrected chi connectivity index (χ2v) is 4.44. The van der Waals surface area contributed by atoms with Gasteiger partial charge in [-0.3, -0.25) is 4.79 Å². The molecule has 0 bridgehead atoms. The quantitative estimate of drug-likeness (QED) is 0.876. The average Bonchev–Trinajstić information content (AvgIpc) is 2.92. The molecule has 0 radical (unpaired) electrons. The zero-order valence-corrected chi connectivity index (χ0v) is 11.0. The molecule has 1 amide bonds. The molecule has 1 heterocycles. The Morgan fingerprint density at radius 2 is 2.00 bits per heavy atom. The maximum absolute atomic E-state index is 11.9. The molecular weight excluding hydrogens is 258 g/mol. The minimum atomic E-state index is -1.03. The fourth-order valence-corrected chi connectivity index (χ4v) is 1.96. The smallest absolute Gasteiger partial charge is 0.335 e. The van der Waals surface area contributed by atoms with Crippen LogP contribution in [0.15, 0.2) is 47.1 Å². The number of aromatic carboxylic acids is 1. The van der Waals surface area contributed by atoms with E-state index in [0.717, 1.165) is 0 Å². The number of benzene rings is 1. The van der Waals surface area contributed by atoms with Gasteiger partial charge in [-0.1, -0.05) is 18.2 Å². The lowest BCUT2D eigenvalue weighted by Crippen LogP contribution is -2.28. The summed E-state index contributed by atoms with van der Waals surface area (Å²) in [7, 11) is 0. The first kappa shape index (κ1) is 13.9. The molecule has 0 aliphatic carbocycles. The van der Waals surface area contributed by atoms with E-state index >= 15 is 0 Å². The molecule has 20 heavy (non-hydrogen) atoms. The summed E-state index contributed by atoms with van der Waals surface area (Å²) in [5.74, 6) is -0.625. The van der Waals surface area contributed by atoms with E-state index in [9.17, 15) is 9.59 Å². The SMILES string of the molecule is CC(NC(=O)Cc1ccccc1C(=O)O)c1ccco1. The van der Waals surface area contributed by atoms with Crippen LogP contribution in [-0.4, -0.2) is 17.0 Å². The summed E-state index contributed by atoms with van der Waals surface area (Å²) in [4.78, 5) is 23.0. The normalized spacial score (nSPS) is 11.8. The van der Waals surface area contributed by atoms with E-state index in [1.54, 1.807) is 37.3 Å². The van der Waals surface area contributed by atoms with Crippen molar-refractivity contribution < 1.29 is 19.1 Å². The second kappa shape index (κ2) is 6.06. The lowest BCUT2D eigenvalue weighted by atomic mass is 10.0.